The Morgan fingerprint density at radius 1 is 1.45 bits per heavy atom. The molecule has 1 aliphatic rings. The zero-order valence-electron chi connectivity index (χ0n) is 11.4. The van der Waals surface area contributed by atoms with Crippen LogP contribution in [0.5, 0.6) is 0 Å². The van der Waals surface area contributed by atoms with Crippen LogP contribution in [0.25, 0.3) is 0 Å². The van der Waals surface area contributed by atoms with E-state index in [0.717, 1.165) is 13.0 Å². The van der Waals surface area contributed by atoms with E-state index in [1.54, 1.807) is 4.68 Å². The topological polar surface area (TPSA) is 68.0 Å². The van der Waals surface area contributed by atoms with Crippen molar-refractivity contribution in [1.82, 2.24) is 14.8 Å². The van der Waals surface area contributed by atoms with Gasteiger partial charge < -0.3 is 5.11 Å². The molecule has 0 fully saturated rings. The molecule has 1 N–H and O–H groups in total. The van der Waals surface area contributed by atoms with Gasteiger partial charge in [-0.1, -0.05) is 24.3 Å². The van der Waals surface area contributed by atoms with Crippen molar-refractivity contribution in [2.24, 2.45) is 0 Å². The third-order valence-electron chi connectivity index (χ3n) is 3.83. The molecule has 1 unspecified atom stereocenters. The van der Waals surface area contributed by atoms with Crippen LogP contribution >= 0.6 is 0 Å². The number of rotatable bonds is 3. The Morgan fingerprint density at radius 3 is 3.00 bits per heavy atom. The molecule has 0 aliphatic carbocycles. The number of carbonyl (C=O) groups is 1. The minimum absolute atomic E-state index is 0.512. The van der Waals surface area contributed by atoms with Crippen molar-refractivity contribution >= 4 is 5.97 Å². The van der Waals surface area contributed by atoms with Crippen LogP contribution in [0.3, 0.4) is 0 Å². The molecule has 2 heterocycles. The van der Waals surface area contributed by atoms with Gasteiger partial charge in [-0.25, -0.2) is 9.67 Å². The van der Waals surface area contributed by atoms with Crippen molar-refractivity contribution in [2.75, 3.05) is 0 Å². The van der Waals surface area contributed by atoms with Gasteiger partial charge in [-0.3, -0.25) is 4.79 Å². The number of benzene rings is 1. The third kappa shape index (κ3) is 2.31. The van der Waals surface area contributed by atoms with Crippen LogP contribution in [0.1, 0.15) is 41.5 Å². The maximum Gasteiger partial charge on any atom is 0.314 e. The van der Waals surface area contributed by atoms with Gasteiger partial charge in [0.15, 0.2) is 5.82 Å². The summed E-state index contributed by atoms with van der Waals surface area (Å²) in [6.07, 6.45) is 2.15. The molecular weight excluding hydrogens is 254 g/mol. The average molecular weight is 271 g/mol. The lowest BCUT2D eigenvalue weighted by Crippen LogP contribution is -2.22. The van der Waals surface area contributed by atoms with E-state index in [1.807, 2.05) is 12.1 Å². The summed E-state index contributed by atoms with van der Waals surface area (Å²) in [6.45, 7) is 2.82. The number of hydrogen-bond donors (Lipinski definition) is 1. The Morgan fingerprint density at radius 2 is 2.25 bits per heavy atom. The predicted molar refractivity (Wildman–Crippen MR) is 73.6 cm³/mol. The third-order valence-corrected chi connectivity index (χ3v) is 3.83. The number of aryl methyl sites for hydroxylation is 2. The summed E-state index contributed by atoms with van der Waals surface area (Å²) < 4.78 is 1.76. The largest absolute Gasteiger partial charge is 0.481 e. The number of fused-ring (bicyclic) bond motifs is 1. The number of nitrogens with zero attached hydrogens (tertiary/aromatic N) is 3. The van der Waals surface area contributed by atoms with Gasteiger partial charge in [0.05, 0.1) is 0 Å². The second-order valence-electron chi connectivity index (χ2n) is 5.25. The molecule has 104 valence electrons. The molecule has 5 nitrogen and oxygen atoms in total. The summed E-state index contributed by atoms with van der Waals surface area (Å²) in [4.78, 5) is 15.7. The number of hydrogen-bond acceptors (Lipinski definition) is 3. The van der Waals surface area contributed by atoms with Crippen LogP contribution in [0.4, 0.5) is 0 Å². The quantitative estimate of drug-likeness (QED) is 0.928. The Bertz CT molecular complexity index is 648. The van der Waals surface area contributed by atoms with Gasteiger partial charge in [-0.2, -0.15) is 5.10 Å². The fraction of sp³-hybridized carbons (Fsp3) is 0.400. The molecule has 2 aromatic rings. The van der Waals surface area contributed by atoms with Gasteiger partial charge in [0.25, 0.3) is 0 Å². The average Bonchev–Trinajstić information content (AvgIpc) is 2.83. The second kappa shape index (κ2) is 5.07. The summed E-state index contributed by atoms with van der Waals surface area (Å²) in [5, 5.41) is 13.7. The molecule has 0 saturated carbocycles. The monoisotopic (exact) mass is 271 g/mol. The molecule has 3 rings (SSSR count). The highest BCUT2D eigenvalue weighted by Gasteiger charge is 2.29. The SMILES string of the molecule is Cc1ccccc1Cc1nc2n(n1)CCCC2C(=O)O. The second-order valence-corrected chi connectivity index (χ2v) is 5.25. The predicted octanol–water partition coefficient (Wildman–Crippen LogP) is 2.14. The highest BCUT2D eigenvalue weighted by Crippen LogP contribution is 2.26. The molecule has 0 spiro atoms. The molecule has 5 heteroatoms. The lowest BCUT2D eigenvalue weighted by atomic mass is 10.00. The number of carboxylic acids is 1. The van der Waals surface area contributed by atoms with Crippen molar-refractivity contribution in [3.8, 4) is 0 Å². The molecule has 1 aliphatic heterocycles. The lowest BCUT2D eigenvalue weighted by Gasteiger charge is -2.17. The van der Waals surface area contributed by atoms with E-state index in [4.69, 9.17) is 0 Å². The molecule has 20 heavy (non-hydrogen) atoms. The first-order chi connectivity index (χ1) is 9.65. The van der Waals surface area contributed by atoms with Gasteiger partial charge in [-0.05, 0) is 30.9 Å². The highest BCUT2D eigenvalue weighted by atomic mass is 16.4. The Labute approximate surface area is 117 Å². The molecule has 0 bridgehead atoms. The summed E-state index contributed by atoms with van der Waals surface area (Å²) in [5.74, 6) is -0.00236. The van der Waals surface area contributed by atoms with E-state index in [2.05, 4.69) is 29.1 Å². The smallest absolute Gasteiger partial charge is 0.314 e. The van der Waals surface area contributed by atoms with Gasteiger partial charge in [0.1, 0.15) is 11.7 Å². The van der Waals surface area contributed by atoms with Crippen LogP contribution in [0.15, 0.2) is 24.3 Å². The van der Waals surface area contributed by atoms with Crippen molar-refractivity contribution in [2.45, 2.75) is 38.6 Å². The normalized spacial score (nSPS) is 17.8. The van der Waals surface area contributed by atoms with E-state index < -0.39 is 11.9 Å². The maximum atomic E-state index is 11.3. The van der Waals surface area contributed by atoms with E-state index >= 15 is 0 Å². The van der Waals surface area contributed by atoms with Crippen LogP contribution in [-0.4, -0.2) is 25.8 Å². The van der Waals surface area contributed by atoms with Crippen molar-refractivity contribution in [1.29, 1.82) is 0 Å². The molecule has 1 aromatic carbocycles. The number of aliphatic carboxylic acids is 1. The molecular formula is C15H17N3O2. The van der Waals surface area contributed by atoms with Crippen molar-refractivity contribution in [3.05, 3.63) is 47.0 Å². The Hall–Kier alpha value is -2.17. The highest BCUT2D eigenvalue weighted by molar-refractivity contribution is 5.75. The van der Waals surface area contributed by atoms with E-state index in [-0.39, 0.29) is 0 Å². The van der Waals surface area contributed by atoms with Crippen molar-refractivity contribution in [3.63, 3.8) is 0 Å². The summed E-state index contributed by atoms with van der Waals surface area (Å²) in [7, 11) is 0. The summed E-state index contributed by atoms with van der Waals surface area (Å²) in [6, 6.07) is 8.12. The van der Waals surface area contributed by atoms with Crippen LogP contribution in [0.2, 0.25) is 0 Å². The first-order valence-electron chi connectivity index (χ1n) is 6.86. The minimum Gasteiger partial charge on any atom is -0.481 e. The lowest BCUT2D eigenvalue weighted by molar-refractivity contribution is -0.139. The first-order valence-corrected chi connectivity index (χ1v) is 6.86. The fourth-order valence-corrected chi connectivity index (χ4v) is 2.69. The van der Waals surface area contributed by atoms with Gasteiger partial charge in [0, 0.05) is 13.0 Å². The van der Waals surface area contributed by atoms with Crippen molar-refractivity contribution < 1.29 is 9.90 Å². The Balaban J connectivity index is 1.90. The van der Waals surface area contributed by atoms with E-state index in [1.165, 1.54) is 11.1 Å². The molecule has 1 aromatic heterocycles. The van der Waals surface area contributed by atoms with Crippen LogP contribution < -0.4 is 0 Å². The standard InChI is InChI=1S/C15H17N3O2/c1-10-5-2-3-6-11(10)9-13-16-14-12(15(19)20)7-4-8-18(14)17-13/h2-3,5-6,12H,4,7-9H2,1H3,(H,19,20). The zero-order valence-corrected chi connectivity index (χ0v) is 11.4. The van der Waals surface area contributed by atoms with Crippen LogP contribution in [0, 0.1) is 6.92 Å². The van der Waals surface area contributed by atoms with E-state index in [9.17, 15) is 9.90 Å². The number of aromatic nitrogens is 3. The fourth-order valence-electron chi connectivity index (χ4n) is 2.69. The number of carboxylic acid groups (broad SMARTS) is 1. The van der Waals surface area contributed by atoms with Gasteiger partial charge in [-0.15, -0.1) is 0 Å². The first kappa shape index (κ1) is 12.8. The minimum atomic E-state index is -0.805. The maximum absolute atomic E-state index is 11.3. The summed E-state index contributed by atoms with van der Waals surface area (Å²) >= 11 is 0. The van der Waals surface area contributed by atoms with Gasteiger partial charge >= 0.3 is 5.97 Å². The molecule has 0 saturated heterocycles. The van der Waals surface area contributed by atoms with Crippen LogP contribution in [-0.2, 0) is 17.8 Å². The molecule has 0 radical (unpaired) electrons. The zero-order chi connectivity index (χ0) is 14.1. The molecule has 1 atom stereocenters. The van der Waals surface area contributed by atoms with E-state index in [0.29, 0.717) is 24.5 Å². The molecule has 0 amide bonds. The van der Waals surface area contributed by atoms with Gasteiger partial charge in [0.2, 0.25) is 0 Å². The summed E-state index contributed by atoms with van der Waals surface area (Å²) in [5.41, 5.74) is 2.39. The Kier molecular flexibility index (Phi) is 3.26.